The Kier molecular flexibility index (Phi) is 1.33. The number of anilines is 1. The summed E-state index contributed by atoms with van der Waals surface area (Å²) >= 11 is 0. The highest BCUT2D eigenvalue weighted by Gasteiger charge is 2.05. The predicted octanol–water partition coefficient (Wildman–Crippen LogP) is -0.689. The summed E-state index contributed by atoms with van der Waals surface area (Å²) in [6.45, 7) is 1.53. The number of rotatable bonds is 0. The second kappa shape index (κ2) is 2.02. The molecule has 0 aliphatic rings. The lowest BCUT2D eigenvalue weighted by Crippen LogP contribution is -2.34. The summed E-state index contributed by atoms with van der Waals surface area (Å²) in [5.41, 5.74) is 5.42. The maximum atomic E-state index is 10.7. The largest absolute Gasteiger partial charge is 0.740 e. The molecule has 1 heterocycles. The number of aromatic nitrogens is 2. The van der Waals surface area contributed by atoms with Crippen LogP contribution in [-0.4, -0.2) is 10.1 Å². The second-order valence-electron chi connectivity index (χ2n) is 1.91. The van der Waals surface area contributed by atoms with Crippen LogP contribution in [0, 0.1) is 12.1 Å². The minimum atomic E-state index is -0.238. The molecular weight excluding hydrogens is 134 g/mol. The van der Waals surface area contributed by atoms with Gasteiger partial charge < -0.3 is 10.3 Å². The molecule has 0 saturated heterocycles. The minimum absolute atomic E-state index is 0.234. The number of hydrogen-bond acceptors (Lipinski definition) is 4. The molecule has 0 unspecified atom stereocenters. The van der Waals surface area contributed by atoms with E-state index in [4.69, 9.17) is 10.8 Å². The molecule has 5 nitrogen and oxygen atoms in total. The molecule has 0 atom stereocenters. The van der Waals surface area contributed by atoms with Crippen LogP contribution in [0.15, 0.2) is 6.07 Å². The van der Waals surface area contributed by atoms with Crippen molar-refractivity contribution in [3.05, 3.63) is 17.0 Å². The molecule has 0 aromatic carbocycles. The first-order valence-corrected chi connectivity index (χ1v) is 2.67. The van der Waals surface area contributed by atoms with Crippen molar-refractivity contribution in [2.24, 2.45) is 0 Å². The van der Waals surface area contributed by atoms with Crippen LogP contribution < -0.4 is 10.5 Å². The van der Waals surface area contributed by atoms with Gasteiger partial charge >= 0.3 is 5.95 Å². The Morgan fingerprint density at radius 2 is 2.40 bits per heavy atom. The zero-order valence-electron chi connectivity index (χ0n) is 5.40. The third-order valence-corrected chi connectivity index (χ3v) is 1.10. The number of hydrogen-bond donors (Lipinski definition) is 2. The van der Waals surface area contributed by atoms with Gasteiger partial charge in [0.1, 0.15) is 0 Å². The van der Waals surface area contributed by atoms with E-state index in [0.29, 0.717) is 10.4 Å². The second-order valence-corrected chi connectivity index (χ2v) is 1.91. The molecule has 0 fully saturated rings. The monoisotopic (exact) mass is 141 g/mol. The van der Waals surface area contributed by atoms with E-state index in [1.54, 1.807) is 0 Å². The average molecular weight is 141 g/mol. The van der Waals surface area contributed by atoms with Crippen LogP contribution in [0.2, 0.25) is 0 Å². The fourth-order valence-corrected chi connectivity index (χ4v) is 0.621. The Morgan fingerprint density at radius 1 is 1.80 bits per heavy atom. The first-order valence-electron chi connectivity index (χ1n) is 2.67. The normalized spacial score (nSPS) is 9.70. The Labute approximate surface area is 57.3 Å². The summed E-state index contributed by atoms with van der Waals surface area (Å²) in [4.78, 5) is 3.32. The molecule has 1 aromatic heterocycles. The van der Waals surface area contributed by atoms with Gasteiger partial charge in [-0.2, -0.15) is 0 Å². The van der Waals surface area contributed by atoms with Gasteiger partial charge in [0, 0.05) is 0 Å². The smallest absolute Gasteiger partial charge is 0.393 e. The lowest BCUT2D eigenvalue weighted by molar-refractivity contribution is -0.599. The molecule has 0 radical (unpaired) electrons. The lowest BCUT2D eigenvalue weighted by atomic mass is 10.4. The average Bonchev–Trinajstić information content (AvgIpc) is 1.82. The summed E-state index contributed by atoms with van der Waals surface area (Å²) in [5.74, 6) is -0.473. The van der Waals surface area contributed by atoms with Gasteiger partial charge in [-0.05, 0) is 11.9 Å². The van der Waals surface area contributed by atoms with Crippen molar-refractivity contribution in [3.8, 4) is 5.88 Å². The molecule has 1 aromatic rings. The summed E-state index contributed by atoms with van der Waals surface area (Å²) < 4.78 is 0.444. The summed E-state index contributed by atoms with van der Waals surface area (Å²) in [6.07, 6.45) is 0. The Morgan fingerprint density at radius 3 is 2.90 bits per heavy atom. The van der Waals surface area contributed by atoms with Crippen LogP contribution in [-0.2, 0) is 0 Å². The molecule has 3 N–H and O–H groups in total. The fraction of sp³-hybridized carbons (Fsp3) is 0.200. The first kappa shape index (κ1) is 6.60. The number of aromatic hydroxyl groups is 1. The Hall–Kier alpha value is -1.52. The molecule has 0 spiro atoms. The van der Waals surface area contributed by atoms with E-state index in [0.717, 1.165) is 0 Å². The maximum absolute atomic E-state index is 10.7. The Balaban J connectivity index is 3.31. The first-order chi connectivity index (χ1) is 4.61. The summed E-state index contributed by atoms with van der Waals surface area (Å²) in [7, 11) is 0. The van der Waals surface area contributed by atoms with Crippen LogP contribution in [0.3, 0.4) is 0 Å². The number of aryl methyl sites for hydroxylation is 1. The van der Waals surface area contributed by atoms with Gasteiger partial charge in [0.2, 0.25) is 0 Å². The van der Waals surface area contributed by atoms with Crippen molar-refractivity contribution < 1.29 is 9.84 Å². The van der Waals surface area contributed by atoms with Crippen molar-refractivity contribution in [3.63, 3.8) is 0 Å². The van der Waals surface area contributed by atoms with Gasteiger partial charge in [-0.3, -0.25) is 5.73 Å². The zero-order valence-corrected chi connectivity index (χ0v) is 5.40. The van der Waals surface area contributed by atoms with E-state index in [9.17, 15) is 5.21 Å². The number of nitrogen functional groups attached to an aromatic ring is 1. The standard InChI is InChI=1S/C5H7N3O2/c1-3-2-4(9)7-5(6)8(3)10/h2H,1H3,(H3,6,7,9). The highest BCUT2D eigenvalue weighted by Crippen LogP contribution is 2.04. The van der Waals surface area contributed by atoms with Gasteiger partial charge in [-0.25, -0.2) is 4.73 Å². The zero-order chi connectivity index (χ0) is 7.72. The number of nitrogens with zero attached hydrogens (tertiary/aromatic N) is 2. The van der Waals surface area contributed by atoms with Crippen LogP contribution >= 0.6 is 0 Å². The molecule has 54 valence electrons. The van der Waals surface area contributed by atoms with Crippen molar-refractivity contribution in [2.75, 3.05) is 5.73 Å². The highest BCUT2D eigenvalue weighted by atomic mass is 16.5. The van der Waals surface area contributed by atoms with Gasteiger partial charge in [-0.1, -0.05) is 0 Å². The number of nitrogens with two attached hydrogens (primary N) is 1. The van der Waals surface area contributed by atoms with E-state index in [1.807, 2.05) is 0 Å². The van der Waals surface area contributed by atoms with Crippen LogP contribution in [0.4, 0.5) is 5.95 Å². The van der Waals surface area contributed by atoms with Gasteiger partial charge in [-0.15, -0.1) is 0 Å². The van der Waals surface area contributed by atoms with E-state index < -0.39 is 0 Å². The quantitative estimate of drug-likeness (QED) is 0.370. The molecule has 0 aliphatic heterocycles. The van der Waals surface area contributed by atoms with Crippen molar-refractivity contribution >= 4 is 5.95 Å². The third kappa shape index (κ3) is 0.928. The van der Waals surface area contributed by atoms with Crippen LogP contribution in [0.5, 0.6) is 5.88 Å². The van der Waals surface area contributed by atoms with Gasteiger partial charge in [0.15, 0.2) is 0 Å². The van der Waals surface area contributed by atoms with E-state index in [-0.39, 0.29) is 11.8 Å². The van der Waals surface area contributed by atoms with E-state index >= 15 is 0 Å². The molecule has 0 saturated carbocycles. The van der Waals surface area contributed by atoms with Crippen LogP contribution in [0.25, 0.3) is 0 Å². The molecular formula is C5H7N3O2. The fourth-order valence-electron chi connectivity index (χ4n) is 0.621. The SMILES string of the molecule is Cc1cc(O)nc(N)[n+]1[O-]. The van der Waals surface area contributed by atoms with Crippen molar-refractivity contribution in [2.45, 2.75) is 6.92 Å². The molecule has 0 bridgehead atoms. The Bertz CT molecular complexity index is 238. The summed E-state index contributed by atoms with van der Waals surface area (Å²) in [6, 6.07) is 1.24. The van der Waals surface area contributed by atoms with Crippen LogP contribution in [0.1, 0.15) is 5.69 Å². The molecule has 10 heavy (non-hydrogen) atoms. The predicted molar refractivity (Wildman–Crippen MR) is 34.0 cm³/mol. The van der Waals surface area contributed by atoms with E-state index in [1.165, 1.54) is 13.0 Å². The lowest BCUT2D eigenvalue weighted by Gasteiger charge is -2.06. The maximum Gasteiger partial charge on any atom is 0.393 e. The highest BCUT2D eigenvalue weighted by molar-refractivity contribution is 5.17. The third-order valence-electron chi connectivity index (χ3n) is 1.10. The topological polar surface area (TPSA) is 86.1 Å². The van der Waals surface area contributed by atoms with Gasteiger partial charge in [0.25, 0.3) is 5.88 Å². The summed E-state index contributed by atoms with van der Waals surface area (Å²) in [5, 5.41) is 19.5. The van der Waals surface area contributed by atoms with Crippen molar-refractivity contribution in [1.82, 2.24) is 4.98 Å². The minimum Gasteiger partial charge on any atom is -0.740 e. The van der Waals surface area contributed by atoms with Crippen molar-refractivity contribution in [1.29, 1.82) is 0 Å². The molecule has 5 heteroatoms. The van der Waals surface area contributed by atoms with E-state index in [2.05, 4.69) is 4.98 Å². The molecule has 0 amide bonds. The molecule has 0 aliphatic carbocycles. The molecule has 1 rings (SSSR count). The van der Waals surface area contributed by atoms with Gasteiger partial charge in [0.05, 0.1) is 11.8 Å².